The van der Waals surface area contributed by atoms with E-state index in [0.717, 1.165) is 17.9 Å². The highest BCUT2D eigenvalue weighted by Gasteiger charge is 2.29. The summed E-state index contributed by atoms with van der Waals surface area (Å²) in [6.07, 6.45) is 1.03. The Morgan fingerprint density at radius 2 is 2.43 bits per heavy atom. The summed E-state index contributed by atoms with van der Waals surface area (Å²) in [5, 5.41) is 9.94. The largest absolute Gasteiger partial charge is 0.469 e. The van der Waals surface area contributed by atoms with Gasteiger partial charge in [-0.15, -0.1) is 0 Å². The predicted octanol–water partition coefficient (Wildman–Crippen LogP) is 1.30. The molecule has 0 bridgehead atoms. The summed E-state index contributed by atoms with van der Waals surface area (Å²) < 4.78 is 4.58. The number of ether oxygens (including phenoxy) is 1. The zero-order valence-electron chi connectivity index (χ0n) is 8.73. The predicted molar refractivity (Wildman–Crippen MR) is 57.2 cm³/mol. The van der Waals surface area contributed by atoms with Crippen molar-refractivity contribution in [1.29, 1.82) is 0 Å². The number of thioether (sulfide) groups is 1. The number of hydrogen-bond donors (Lipinski definition) is 1. The monoisotopic (exact) mass is 218 g/mol. The minimum Gasteiger partial charge on any atom is -0.469 e. The van der Waals surface area contributed by atoms with Gasteiger partial charge < -0.3 is 9.84 Å². The Morgan fingerprint density at radius 3 is 2.93 bits per heavy atom. The van der Waals surface area contributed by atoms with E-state index >= 15 is 0 Å². The number of aliphatic hydroxyl groups is 1. The van der Waals surface area contributed by atoms with Crippen LogP contribution in [0.5, 0.6) is 0 Å². The Bertz CT molecular complexity index is 190. The van der Waals surface area contributed by atoms with Gasteiger partial charge in [0.05, 0.1) is 19.6 Å². The van der Waals surface area contributed by atoms with Crippen LogP contribution in [0.15, 0.2) is 0 Å². The fourth-order valence-electron chi connectivity index (χ4n) is 1.75. The normalized spacial score (nSPS) is 25.8. The molecule has 1 saturated heterocycles. The molecule has 1 heterocycles. The summed E-state index contributed by atoms with van der Waals surface area (Å²) in [4.78, 5) is 11.0. The Labute approximate surface area is 89.2 Å². The van der Waals surface area contributed by atoms with Crippen molar-refractivity contribution in [1.82, 2.24) is 0 Å². The summed E-state index contributed by atoms with van der Waals surface area (Å²) in [6.45, 7) is 1.91. The van der Waals surface area contributed by atoms with E-state index in [1.165, 1.54) is 7.11 Å². The second kappa shape index (κ2) is 5.61. The first kappa shape index (κ1) is 11.9. The third kappa shape index (κ3) is 3.17. The van der Waals surface area contributed by atoms with Crippen LogP contribution in [0.4, 0.5) is 0 Å². The number of carbonyl (C=O) groups excluding carboxylic acids is 1. The summed E-state index contributed by atoms with van der Waals surface area (Å²) in [5.74, 6) is 2.28. The van der Waals surface area contributed by atoms with Crippen LogP contribution in [0.25, 0.3) is 0 Å². The van der Waals surface area contributed by atoms with E-state index in [9.17, 15) is 9.90 Å². The molecule has 3 unspecified atom stereocenters. The molecular formula is C10H18O3S. The molecule has 0 spiro atoms. The number of hydrogen-bond acceptors (Lipinski definition) is 4. The van der Waals surface area contributed by atoms with Gasteiger partial charge in [-0.2, -0.15) is 11.8 Å². The topological polar surface area (TPSA) is 46.5 Å². The average molecular weight is 218 g/mol. The van der Waals surface area contributed by atoms with Gasteiger partial charge >= 0.3 is 5.97 Å². The number of esters is 1. The van der Waals surface area contributed by atoms with Gasteiger partial charge in [0, 0.05) is 0 Å². The molecule has 3 atom stereocenters. The smallest absolute Gasteiger partial charge is 0.305 e. The van der Waals surface area contributed by atoms with E-state index in [4.69, 9.17) is 0 Å². The quantitative estimate of drug-likeness (QED) is 0.722. The molecule has 4 heteroatoms. The zero-order valence-corrected chi connectivity index (χ0v) is 9.55. The molecule has 0 aliphatic carbocycles. The van der Waals surface area contributed by atoms with Gasteiger partial charge in [-0.3, -0.25) is 4.79 Å². The van der Waals surface area contributed by atoms with E-state index in [0.29, 0.717) is 12.3 Å². The molecule has 1 N–H and O–H groups in total. The fourth-order valence-corrected chi connectivity index (χ4v) is 3.06. The molecular weight excluding hydrogens is 200 g/mol. The third-order valence-electron chi connectivity index (χ3n) is 2.75. The van der Waals surface area contributed by atoms with Crippen LogP contribution >= 0.6 is 11.8 Å². The van der Waals surface area contributed by atoms with Gasteiger partial charge in [0.2, 0.25) is 0 Å². The van der Waals surface area contributed by atoms with Gasteiger partial charge in [0.1, 0.15) is 0 Å². The zero-order chi connectivity index (χ0) is 10.6. The van der Waals surface area contributed by atoms with E-state index in [1.807, 2.05) is 18.7 Å². The van der Waals surface area contributed by atoms with Gasteiger partial charge in [-0.25, -0.2) is 0 Å². The first-order valence-electron chi connectivity index (χ1n) is 4.97. The minimum atomic E-state index is -0.357. The van der Waals surface area contributed by atoms with Crippen LogP contribution in [0.1, 0.15) is 19.8 Å². The maximum atomic E-state index is 11.0. The lowest BCUT2D eigenvalue weighted by atomic mass is 9.89. The Hall–Kier alpha value is -0.220. The van der Waals surface area contributed by atoms with Crippen LogP contribution < -0.4 is 0 Å². The third-order valence-corrected chi connectivity index (χ3v) is 3.94. The minimum absolute atomic E-state index is 0.00569. The Kier molecular flexibility index (Phi) is 4.75. The second-order valence-corrected chi connectivity index (χ2v) is 5.02. The van der Waals surface area contributed by atoms with E-state index in [2.05, 4.69) is 4.74 Å². The lowest BCUT2D eigenvalue weighted by Crippen LogP contribution is -2.29. The molecule has 82 valence electrons. The highest BCUT2D eigenvalue weighted by molar-refractivity contribution is 7.99. The molecule has 0 radical (unpaired) electrons. The molecule has 0 amide bonds. The Balaban J connectivity index is 2.34. The highest BCUT2D eigenvalue weighted by atomic mass is 32.2. The van der Waals surface area contributed by atoms with Crippen LogP contribution in [-0.4, -0.2) is 35.8 Å². The van der Waals surface area contributed by atoms with Gasteiger partial charge in [0.25, 0.3) is 0 Å². The van der Waals surface area contributed by atoms with Crippen molar-refractivity contribution in [2.45, 2.75) is 25.9 Å². The number of methoxy groups -OCH3 is 1. The second-order valence-electron chi connectivity index (χ2n) is 3.87. The Morgan fingerprint density at radius 1 is 1.71 bits per heavy atom. The number of rotatable bonds is 4. The van der Waals surface area contributed by atoms with Gasteiger partial charge in [0.15, 0.2) is 0 Å². The molecule has 0 saturated carbocycles. The van der Waals surface area contributed by atoms with Gasteiger partial charge in [-0.1, -0.05) is 6.92 Å². The van der Waals surface area contributed by atoms with Crippen molar-refractivity contribution in [3.05, 3.63) is 0 Å². The van der Waals surface area contributed by atoms with Crippen molar-refractivity contribution in [3.63, 3.8) is 0 Å². The van der Waals surface area contributed by atoms with Crippen LogP contribution in [0.2, 0.25) is 0 Å². The molecule has 1 aliphatic heterocycles. The number of carbonyl (C=O) groups is 1. The van der Waals surface area contributed by atoms with E-state index in [-0.39, 0.29) is 18.0 Å². The van der Waals surface area contributed by atoms with Gasteiger partial charge in [-0.05, 0) is 29.8 Å². The summed E-state index contributed by atoms with van der Waals surface area (Å²) >= 11 is 1.88. The van der Waals surface area contributed by atoms with Crippen molar-refractivity contribution in [2.75, 3.05) is 18.6 Å². The van der Waals surface area contributed by atoms with Crippen molar-refractivity contribution < 1.29 is 14.6 Å². The summed E-state index contributed by atoms with van der Waals surface area (Å²) in [5.41, 5.74) is 0. The number of aliphatic hydroxyl groups excluding tert-OH is 1. The lowest BCUT2D eigenvalue weighted by molar-refractivity contribution is -0.142. The molecule has 1 fully saturated rings. The SMILES string of the molecule is COC(=O)CC(C)C(O)C1CCSC1. The fraction of sp³-hybridized carbons (Fsp3) is 0.900. The molecule has 0 aromatic carbocycles. The van der Waals surface area contributed by atoms with Crippen LogP contribution in [0, 0.1) is 11.8 Å². The summed E-state index contributed by atoms with van der Waals surface area (Å²) in [7, 11) is 1.38. The maximum Gasteiger partial charge on any atom is 0.305 e. The van der Waals surface area contributed by atoms with E-state index in [1.54, 1.807) is 0 Å². The van der Waals surface area contributed by atoms with Crippen molar-refractivity contribution in [2.24, 2.45) is 11.8 Å². The maximum absolute atomic E-state index is 11.0. The first-order valence-corrected chi connectivity index (χ1v) is 6.13. The molecule has 0 aromatic heterocycles. The molecule has 14 heavy (non-hydrogen) atoms. The standard InChI is InChI=1S/C10H18O3S/c1-7(5-9(11)13-2)10(12)8-3-4-14-6-8/h7-8,10,12H,3-6H2,1-2H3. The summed E-state index contributed by atoms with van der Waals surface area (Å²) in [6, 6.07) is 0. The van der Waals surface area contributed by atoms with Crippen molar-refractivity contribution >= 4 is 17.7 Å². The van der Waals surface area contributed by atoms with Crippen LogP contribution in [-0.2, 0) is 9.53 Å². The molecule has 1 rings (SSSR count). The average Bonchev–Trinajstić information content (AvgIpc) is 2.69. The lowest BCUT2D eigenvalue weighted by Gasteiger charge is -2.22. The molecule has 1 aliphatic rings. The molecule has 0 aromatic rings. The highest BCUT2D eigenvalue weighted by Crippen LogP contribution is 2.30. The van der Waals surface area contributed by atoms with Crippen LogP contribution in [0.3, 0.4) is 0 Å². The first-order chi connectivity index (χ1) is 6.65. The van der Waals surface area contributed by atoms with E-state index < -0.39 is 0 Å². The molecule has 3 nitrogen and oxygen atoms in total. The van der Waals surface area contributed by atoms with Crippen molar-refractivity contribution in [3.8, 4) is 0 Å².